The molecule has 0 aliphatic heterocycles. The van der Waals surface area contributed by atoms with E-state index in [-0.39, 0.29) is 11.0 Å². The SMILES string of the molecule is N#Cc1ccc(Nc2ccc3c(C(F)(F)F)cc(=O)oc3c2)cc1. The lowest BCUT2D eigenvalue weighted by Gasteiger charge is -2.11. The highest BCUT2D eigenvalue weighted by Gasteiger charge is 2.33. The topological polar surface area (TPSA) is 66.0 Å². The minimum Gasteiger partial charge on any atom is -0.423 e. The fraction of sp³-hybridized carbons (Fsp3) is 0.0588. The molecule has 0 atom stereocenters. The van der Waals surface area contributed by atoms with E-state index < -0.39 is 17.4 Å². The van der Waals surface area contributed by atoms with Crippen molar-refractivity contribution in [3.05, 3.63) is 70.1 Å². The van der Waals surface area contributed by atoms with E-state index in [1.54, 1.807) is 24.3 Å². The van der Waals surface area contributed by atoms with Crippen LogP contribution >= 0.6 is 0 Å². The van der Waals surface area contributed by atoms with Gasteiger partial charge in [-0.05, 0) is 36.4 Å². The van der Waals surface area contributed by atoms with E-state index >= 15 is 0 Å². The van der Waals surface area contributed by atoms with Crippen LogP contribution in [-0.2, 0) is 6.18 Å². The van der Waals surface area contributed by atoms with Gasteiger partial charge in [0.15, 0.2) is 0 Å². The number of fused-ring (bicyclic) bond motifs is 1. The molecule has 0 aliphatic rings. The Hall–Kier alpha value is -3.27. The predicted octanol–water partition coefficient (Wildman–Crippen LogP) is 4.43. The van der Waals surface area contributed by atoms with Crippen LogP contribution in [0.4, 0.5) is 24.5 Å². The molecule has 0 fully saturated rings. The fourth-order valence-electron chi connectivity index (χ4n) is 2.27. The number of nitrogens with zero attached hydrogens (tertiary/aromatic N) is 1. The third-order valence-corrected chi connectivity index (χ3v) is 3.35. The molecule has 120 valence electrons. The molecule has 0 radical (unpaired) electrons. The van der Waals surface area contributed by atoms with Gasteiger partial charge < -0.3 is 9.73 Å². The molecule has 0 unspecified atom stereocenters. The lowest BCUT2D eigenvalue weighted by Crippen LogP contribution is -2.11. The highest BCUT2D eigenvalue weighted by molar-refractivity contribution is 5.84. The standard InChI is InChI=1S/C17H9F3N2O2/c18-17(19,20)14-8-16(23)24-15-7-12(5-6-13(14)15)22-11-3-1-10(9-21)2-4-11/h1-8,22H. The second-order valence-corrected chi connectivity index (χ2v) is 5.00. The molecule has 0 saturated heterocycles. The molecule has 0 amide bonds. The highest BCUT2D eigenvalue weighted by atomic mass is 19.4. The average molecular weight is 330 g/mol. The van der Waals surface area contributed by atoms with Crippen LogP contribution in [0.25, 0.3) is 11.0 Å². The highest BCUT2D eigenvalue weighted by Crippen LogP contribution is 2.34. The van der Waals surface area contributed by atoms with E-state index in [2.05, 4.69) is 5.32 Å². The summed E-state index contributed by atoms with van der Waals surface area (Å²) in [5.74, 6) is 0. The summed E-state index contributed by atoms with van der Waals surface area (Å²) in [6.07, 6.45) is -4.64. The van der Waals surface area contributed by atoms with Gasteiger partial charge in [-0.3, -0.25) is 0 Å². The normalized spacial score (nSPS) is 11.2. The number of anilines is 2. The largest absolute Gasteiger partial charge is 0.423 e. The van der Waals surface area contributed by atoms with E-state index in [1.165, 1.54) is 18.2 Å². The van der Waals surface area contributed by atoms with Gasteiger partial charge in [0.2, 0.25) is 0 Å². The minimum atomic E-state index is -4.64. The number of hydrogen-bond donors (Lipinski definition) is 1. The molecule has 2 aromatic carbocycles. The lowest BCUT2D eigenvalue weighted by atomic mass is 10.1. The van der Waals surface area contributed by atoms with Crippen LogP contribution in [0, 0.1) is 11.3 Å². The monoisotopic (exact) mass is 330 g/mol. The van der Waals surface area contributed by atoms with Gasteiger partial charge in [0.1, 0.15) is 5.58 Å². The Bertz CT molecular complexity index is 999. The Morgan fingerprint density at radius 2 is 1.67 bits per heavy atom. The first-order valence-corrected chi connectivity index (χ1v) is 6.79. The molecule has 4 nitrogen and oxygen atoms in total. The maximum absolute atomic E-state index is 13.0. The van der Waals surface area contributed by atoms with E-state index in [4.69, 9.17) is 9.68 Å². The zero-order valence-corrected chi connectivity index (χ0v) is 12.0. The van der Waals surface area contributed by atoms with Gasteiger partial charge in [-0.15, -0.1) is 0 Å². The zero-order valence-electron chi connectivity index (χ0n) is 12.0. The van der Waals surface area contributed by atoms with Crippen molar-refractivity contribution < 1.29 is 17.6 Å². The van der Waals surface area contributed by atoms with Gasteiger partial charge in [0, 0.05) is 28.9 Å². The molecule has 1 N–H and O–H groups in total. The lowest BCUT2D eigenvalue weighted by molar-refractivity contribution is -0.136. The molecule has 0 saturated carbocycles. The quantitative estimate of drug-likeness (QED) is 0.706. The molecule has 1 heterocycles. The van der Waals surface area contributed by atoms with Gasteiger partial charge in [-0.2, -0.15) is 18.4 Å². The van der Waals surface area contributed by atoms with Crippen molar-refractivity contribution in [2.45, 2.75) is 6.18 Å². The first-order chi connectivity index (χ1) is 11.4. The summed E-state index contributed by atoms with van der Waals surface area (Å²) in [5.41, 5.74) is -0.672. The van der Waals surface area contributed by atoms with Crippen molar-refractivity contribution in [3.63, 3.8) is 0 Å². The van der Waals surface area contributed by atoms with Crippen LogP contribution in [0.5, 0.6) is 0 Å². The number of benzene rings is 2. The van der Waals surface area contributed by atoms with E-state index in [0.29, 0.717) is 23.0 Å². The van der Waals surface area contributed by atoms with Crippen LogP contribution in [0.15, 0.2) is 57.7 Å². The van der Waals surface area contributed by atoms with Gasteiger partial charge in [0.05, 0.1) is 17.2 Å². The Morgan fingerprint density at radius 1 is 1.00 bits per heavy atom. The summed E-state index contributed by atoms with van der Waals surface area (Å²) in [7, 11) is 0. The Labute approximate surface area is 133 Å². The Balaban J connectivity index is 2.02. The number of nitrogens with one attached hydrogen (secondary N) is 1. The molecule has 3 rings (SSSR count). The van der Waals surface area contributed by atoms with Gasteiger partial charge in [0.25, 0.3) is 0 Å². The summed E-state index contributed by atoms with van der Waals surface area (Å²) in [6, 6.07) is 13.0. The maximum Gasteiger partial charge on any atom is 0.417 e. The first kappa shape index (κ1) is 15.6. The average Bonchev–Trinajstić information content (AvgIpc) is 2.53. The van der Waals surface area contributed by atoms with Crippen LogP contribution < -0.4 is 10.9 Å². The van der Waals surface area contributed by atoms with Crippen LogP contribution in [-0.4, -0.2) is 0 Å². The molecule has 7 heteroatoms. The molecule has 3 aromatic rings. The van der Waals surface area contributed by atoms with E-state index in [0.717, 1.165) is 0 Å². The molecule has 0 aliphatic carbocycles. The molecule has 24 heavy (non-hydrogen) atoms. The molecular formula is C17H9F3N2O2. The molecule has 0 spiro atoms. The second-order valence-electron chi connectivity index (χ2n) is 5.00. The molecule has 0 bridgehead atoms. The minimum absolute atomic E-state index is 0.159. The van der Waals surface area contributed by atoms with Crippen molar-refractivity contribution in [1.29, 1.82) is 5.26 Å². The van der Waals surface area contributed by atoms with Crippen molar-refractivity contribution in [2.24, 2.45) is 0 Å². The van der Waals surface area contributed by atoms with E-state index in [1.807, 2.05) is 6.07 Å². The summed E-state index contributed by atoms with van der Waals surface area (Å²) < 4.78 is 43.9. The number of rotatable bonds is 2. The van der Waals surface area contributed by atoms with Crippen LogP contribution in [0.1, 0.15) is 11.1 Å². The number of alkyl halides is 3. The number of nitriles is 1. The Kier molecular flexibility index (Phi) is 3.73. The second kappa shape index (κ2) is 5.74. The van der Waals surface area contributed by atoms with E-state index in [9.17, 15) is 18.0 Å². The molecular weight excluding hydrogens is 321 g/mol. The Morgan fingerprint density at radius 3 is 2.29 bits per heavy atom. The first-order valence-electron chi connectivity index (χ1n) is 6.79. The third-order valence-electron chi connectivity index (χ3n) is 3.35. The number of halogens is 3. The summed E-state index contributed by atoms with van der Waals surface area (Å²) in [4.78, 5) is 11.4. The maximum atomic E-state index is 13.0. The third kappa shape index (κ3) is 3.08. The van der Waals surface area contributed by atoms with Crippen LogP contribution in [0.3, 0.4) is 0 Å². The van der Waals surface area contributed by atoms with Gasteiger partial charge in [-0.1, -0.05) is 0 Å². The zero-order chi connectivity index (χ0) is 17.3. The summed E-state index contributed by atoms with van der Waals surface area (Å²) >= 11 is 0. The summed E-state index contributed by atoms with van der Waals surface area (Å²) in [5, 5.41) is 11.5. The smallest absolute Gasteiger partial charge is 0.417 e. The van der Waals surface area contributed by atoms with Crippen molar-refractivity contribution in [2.75, 3.05) is 5.32 Å². The predicted molar refractivity (Wildman–Crippen MR) is 81.9 cm³/mol. The van der Waals surface area contributed by atoms with Crippen LogP contribution in [0.2, 0.25) is 0 Å². The van der Waals surface area contributed by atoms with Crippen molar-refractivity contribution in [3.8, 4) is 6.07 Å². The van der Waals surface area contributed by atoms with Crippen molar-refractivity contribution >= 4 is 22.3 Å². The van der Waals surface area contributed by atoms with Gasteiger partial charge in [-0.25, -0.2) is 4.79 Å². The number of hydrogen-bond acceptors (Lipinski definition) is 4. The van der Waals surface area contributed by atoms with Crippen molar-refractivity contribution in [1.82, 2.24) is 0 Å². The molecule has 1 aromatic heterocycles. The summed E-state index contributed by atoms with van der Waals surface area (Å²) in [6.45, 7) is 0. The van der Waals surface area contributed by atoms with Gasteiger partial charge >= 0.3 is 11.8 Å². The fourth-order valence-corrected chi connectivity index (χ4v) is 2.27.